The van der Waals surface area contributed by atoms with Crippen LogP contribution in [0.25, 0.3) is 0 Å². The van der Waals surface area contributed by atoms with Crippen molar-refractivity contribution in [3.8, 4) is 0 Å². The van der Waals surface area contributed by atoms with Crippen molar-refractivity contribution in [2.45, 2.75) is 0 Å². The van der Waals surface area contributed by atoms with Crippen LogP contribution in [0.2, 0.25) is 10.0 Å². The average molecular weight is 231 g/mol. The molecule has 2 nitrogen and oxygen atoms in total. The van der Waals surface area contributed by atoms with Gasteiger partial charge in [-0.3, -0.25) is 0 Å². The monoisotopic (exact) mass is 230 g/mol. The second kappa shape index (κ2) is 5.03. The van der Waals surface area contributed by atoms with Crippen LogP contribution in [0.1, 0.15) is 10.4 Å². The Morgan fingerprint density at radius 3 is 2.71 bits per heavy atom. The highest BCUT2D eigenvalue weighted by Gasteiger charge is 2.08. The fourth-order valence-corrected chi connectivity index (χ4v) is 1.14. The molecule has 0 heterocycles. The highest BCUT2D eigenvalue weighted by molar-refractivity contribution is 6.42. The summed E-state index contributed by atoms with van der Waals surface area (Å²) in [6.07, 6.45) is 1.50. The minimum absolute atomic E-state index is 0.180. The van der Waals surface area contributed by atoms with E-state index in [1.807, 2.05) is 0 Å². The van der Waals surface area contributed by atoms with Crippen molar-refractivity contribution in [1.82, 2.24) is 0 Å². The predicted octanol–water partition coefficient (Wildman–Crippen LogP) is 3.34. The Morgan fingerprint density at radius 1 is 1.43 bits per heavy atom. The van der Waals surface area contributed by atoms with Crippen LogP contribution < -0.4 is 0 Å². The van der Waals surface area contributed by atoms with E-state index in [4.69, 9.17) is 27.9 Å². The Morgan fingerprint density at radius 2 is 2.14 bits per heavy atom. The number of benzene rings is 1. The lowest BCUT2D eigenvalue weighted by atomic mass is 10.2. The number of esters is 1. The van der Waals surface area contributed by atoms with E-state index in [9.17, 15) is 4.79 Å². The highest BCUT2D eigenvalue weighted by atomic mass is 35.5. The molecule has 0 radical (unpaired) electrons. The lowest BCUT2D eigenvalue weighted by Gasteiger charge is -2.02. The van der Waals surface area contributed by atoms with Gasteiger partial charge in [0.05, 0.1) is 15.6 Å². The molecular weight excluding hydrogens is 223 g/mol. The van der Waals surface area contributed by atoms with Crippen molar-refractivity contribution in [2.75, 3.05) is 6.61 Å². The van der Waals surface area contributed by atoms with Crippen molar-refractivity contribution in [1.29, 1.82) is 0 Å². The first kappa shape index (κ1) is 11.1. The molecule has 1 rings (SSSR count). The van der Waals surface area contributed by atoms with Gasteiger partial charge in [0.1, 0.15) is 6.61 Å². The van der Waals surface area contributed by atoms with Gasteiger partial charge in [0, 0.05) is 0 Å². The third-order valence-electron chi connectivity index (χ3n) is 1.49. The van der Waals surface area contributed by atoms with E-state index < -0.39 is 5.97 Å². The van der Waals surface area contributed by atoms with Gasteiger partial charge in [-0.25, -0.2) is 4.79 Å². The van der Waals surface area contributed by atoms with Gasteiger partial charge in [0.15, 0.2) is 0 Å². The molecular formula is C10H8Cl2O2. The van der Waals surface area contributed by atoms with Crippen LogP contribution in [0.3, 0.4) is 0 Å². The molecule has 0 fully saturated rings. The molecule has 0 saturated heterocycles. The zero-order valence-electron chi connectivity index (χ0n) is 7.30. The van der Waals surface area contributed by atoms with Crippen molar-refractivity contribution >= 4 is 29.2 Å². The van der Waals surface area contributed by atoms with Crippen molar-refractivity contribution in [2.24, 2.45) is 0 Å². The highest BCUT2D eigenvalue weighted by Crippen LogP contribution is 2.22. The number of carbonyl (C=O) groups is 1. The molecule has 0 amide bonds. The number of hydrogen-bond acceptors (Lipinski definition) is 2. The summed E-state index contributed by atoms with van der Waals surface area (Å²) >= 11 is 11.4. The summed E-state index contributed by atoms with van der Waals surface area (Å²) in [7, 11) is 0. The van der Waals surface area contributed by atoms with Gasteiger partial charge < -0.3 is 4.74 Å². The zero-order chi connectivity index (χ0) is 10.6. The quantitative estimate of drug-likeness (QED) is 0.589. The number of carbonyl (C=O) groups excluding carboxylic acids is 1. The average Bonchev–Trinajstić information content (AvgIpc) is 2.18. The first-order valence-corrected chi connectivity index (χ1v) is 4.64. The summed E-state index contributed by atoms with van der Waals surface area (Å²) < 4.78 is 4.81. The number of hydrogen-bond donors (Lipinski definition) is 0. The van der Waals surface area contributed by atoms with Crippen LogP contribution in [0.15, 0.2) is 30.9 Å². The minimum atomic E-state index is -0.441. The SMILES string of the molecule is C=CCOC(=O)c1ccc(Cl)c(Cl)c1. The second-order valence-corrected chi connectivity index (χ2v) is 3.33. The Kier molecular flexibility index (Phi) is 3.98. The Bertz CT molecular complexity index is 361. The van der Waals surface area contributed by atoms with Gasteiger partial charge in [0.2, 0.25) is 0 Å². The third kappa shape index (κ3) is 2.76. The zero-order valence-corrected chi connectivity index (χ0v) is 8.81. The fourth-order valence-electron chi connectivity index (χ4n) is 0.841. The summed E-state index contributed by atoms with van der Waals surface area (Å²) in [5, 5.41) is 0.742. The summed E-state index contributed by atoms with van der Waals surface area (Å²) in [5.74, 6) is -0.441. The van der Waals surface area contributed by atoms with Crippen molar-refractivity contribution < 1.29 is 9.53 Å². The predicted molar refractivity (Wildman–Crippen MR) is 56.9 cm³/mol. The first-order chi connectivity index (χ1) is 6.65. The molecule has 0 spiro atoms. The summed E-state index contributed by atoms with van der Waals surface area (Å²) in [6, 6.07) is 4.57. The van der Waals surface area contributed by atoms with E-state index in [1.165, 1.54) is 12.1 Å². The topological polar surface area (TPSA) is 26.3 Å². The maximum atomic E-state index is 11.3. The standard InChI is InChI=1S/C10H8Cl2O2/c1-2-5-14-10(13)7-3-4-8(11)9(12)6-7/h2-4,6H,1,5H2. The van der Waals surface area contributed by atoms with E-state index in [1.54, 1.807) is 12.1 Å². The van der Waals surface area contributed by atoms with Gasteiger partial charge in [-0.05, 0) is 18.2 Å². The van der Waals surface area contributed by atoms with E-state index in [0.717, 1.165) is 0 Å². The largest absolute Gasteiger partial charge is 0.458 e. The van der Waals surface area contributed by atoms with Gasteiger partial charge in [-0.1, -0.05) is 35.9 Å². The lowest BCUT2D eigenvalue weighted by Crippen LogP contribution is -2.04. The summed E-state index contributed by atoms with van der Waals surface area (Å²) in [5.41, 5.74) is 0.376. The van der Waals surface area contributed by atoms with E-state index in [2.05, 4.69) is 6.58 Å². The Hall–Kier alpha value is -0.990. The molecule has 0 unspecified atom stereocenters. The van der Waals surface area contributed by atoms with Crippen LogP contribution >= 0.6 is 23.2 Å². The van der Waals surface area contributed by atoms with Crippen LogP contribution in [-0.4, -0.2) is 12.6 Å². The van der Waals surface area contributed by atoms with Crippen molar-refractivity contribution in [3.05, 3.63) is 46.5 Å². The molecule has 0 N–H and O–H groups in total. The summed E-state index contributed by atoms with van der Waals surface area (Å²) in [6.45, 7) is 3.61. The maximum Gasteiger partial charge on any atom is 0.338 e. The lowest BCUT2D eigenvalue weighted by molar-refractivity contribution is 0.0550. The smallest absolute Gasteiger partial charge is 0.338 e. The molecule has 0 aliphatic heterocycles. The second-order valence-electron chi connectivity index (χ2n) is 2.52. The van der Waals surface area contributed by atoms with Gasteiger partial charge in [-0.15, -0.1) is 0 Å². The van der Waals surface area contributed by atoms with Crippen LogP contribution in [-0.2, 0) is 4.74 Å². The molecule has 0 bridgehead atoms. The number of ether oxygens (including phenoxy) is 1. The van der Waals surface area contributed by atoms with Gasteiger partial charge in [-0.2, -0.15) is 0 Å². The molecule has 1 aromatic carbocycles. The van der Waals surface area contributed by atoms with Crippen LogP contribution in [0, 0.1) is 0 Å². The number of rotatable bonds is 3. The van der Waals surface area contributed by atoms with E-state index in [0.29, 0.717) is 15.6 Å². The van der Waals surface area contributed by atoms with Gasteiger partial charge in [0.25, 0.3) is 0 Å². The first-order valence-electron chi connectivity index (χ1n) is 3.88. The molecule has 4 heteroatoms. The Labute approximate surface area is 92.1 Å². The van der Waals surface area contributed by atoms with Crippen molar-refractivity contribution in [3.63, 3.8) is 0 Å². The molecule has 0 aliphatic carbocycles. The van der Waals surface area contributed by atoms with Gasteiger partial charge >= 0.3 is 5.97 Å². The molecule has 14 heavy (non-hydrogen) atoms. The third-order valence-corrected chi connectivity index (χ3v) is 2.23. The van der Waals surface area contributed by atoms with E-state index >= 15 is 0 Å². The molecule has 1 aromatic rings. The Balaban J connectivity index is 2.80. The molecule has 0 aromatic heterocycles. The summed E-state index contributed by atoms with van der Waals surface area (Å²) in [4.78, 5) is 11.3. The fraction of sp³-hybridized carbons (Fsp3) is 0.100. The normalized spacial score (nSPS) is 9.57. The van der Waals surface area contributed by atoms with Crippen LogP contribution in [0.4, 0.5) is 0 Å². The minimum Gasteiger partial charge on any atom is -0.458 e. The maximum absolute atomic E-state index is 11.3. The molecule has 74 valence electrons. The van der Waals surface area contributed by atoms with Crippen LogP contribution in [0.5, 0.6) is 0 Å². The number of halogens is 2. The molecule has 0 saturated carbocycles. The molecule has 0 atom stereocenters. The molecule has 0 aliphatic rings. The van der Waals surface area contributed by atoms with E-state index in [-0.39, 0.29) is 6.61 Å².